The molecule has 24 heavy (non-hydrogen) atoms. The summed E-state index contributed by atoms with van der Waals surface area (Å²) in [6.07, 6.45) is 7.88. The normalized spacial score (nSPS) is 15.6. The molecule has 1 aliphatic heterocycles. The van der Waals surface area contributed by atoms with Gasteiger partial charge in [0.2, 0.25) is 5.91 Å². The lowest BCUT2D eigenvalue weighted by Crippen LogP contribution is -2.40. The molecule has 0 radical (unpaired) electrons. The van der Waals surface area contributed by atoms with Crippen molar-refractivity contribution in [3.05, 3.63) is 36.2 Å². The van der Waals surface area contributed by atoms with Crippen molar-refractivity contribution in [2.45, 2.75) is 19.8 Å². The molecule has 1 saturated heterocycles. The first-order valence-electron chi connectivity index (χ1n) is 8.08. The number of aromatic nitrogens is 3. The molecule has 2 aromatic heterocycles. The van der Waals surface area contributed by atoms with E-state index < -0.39 is 5.82 Å². The largest absolute Gasteiger partial charge is 0.368 e. The maximum Gasteiger partial charge on any atom is 0.225 e. The summed E-state index contributed by atoms with van der Waals surface area (Å²) in [7, 11) is 3.56. The van der Waals surface area contributed by atoms with Crippen molar-refractivity contribution in [1.82, 2.24) is 19.7 Å². The van der Waals surface area contributed by atoms with Crippen molar-refractivity contribution in [2.24, 2.45) is 5.92 Å². The Bertz CT molecular complexity index is 734. The van der Waals surface area contributed by atoms with Crippen LogP contribution in [0.5, 0.6) is 0 Å². The highest BCUT2D eigenvalue weighted by molar-refractivity contribution is 5.78. The van der Waals surface area contributed by atoms with Gasteiger partial charge in [-0.25, -0.2) is 9.07 Å². The van der Waals surface area contributed by atoms with Gasteiger partial charge in [-0.05, 0) is 25.3 Å². The van der Waals surface area contributed by atoms with Gasteiger partial charge in [0.1, 0.15) is 5.69 Å². The lowest BCUT2D eigenvalue weighted by molar-refractivity contribution is -0.133. The molecular weight excluding hydrogens is 309 g/mol. The van der Waals surface area contributed by atoms with Crippen LogP contribution in [0, 0.1) is 18.7 Å². The van der Waals surface area contributed by atoms with Gasteiger partial charge in [-0.1, -0.05) is 0 Å². The van der Waals surface area contributed by atoms with Gasteiger partial charge in [0.15, 0.2) is 5.82 Å². The van der Waals surface area contributed by atoms with Crippen LogP contribution in [0.25, 0.3) is 5.69 Å². The van der Waals surface area contributed by atoms with E-state index in [4.69, 9.17) is 0 Å². The van der Waals surface area contributed by atoms with Crippen molar-refractivity contribution in [2.75, 3.05) is 32.1 Å². The van der Waals surface area contributed by atoms with Crippen LogP contribution in [0.3, 0.4) is 0 Å². The highest BCUT2D eigenvalue weighted by atomic mass is 19.1. The maximum atomic E-state index is 14.4. The predicted molar refractivity (Wildman–Crippen MR) is 89.7 cm³/mol. The molecule has 6 nitrogen and oxygen atoms in total. The van der Waals surface area contributed by atoms with Crippen LogP contribution in [0.1, 0.15) is 18.4 Å². The fraction of sp³-hybridized carbons (Fsp3) is 0.471. The van der Waals surface area contributed by atoms with E-state index in [2.05, 4.69) is 15.0 Å². The van der Waals surface area contributed by atoms with E-state index in [9.17, 15) is 9.18 Å². The monoisotopic (exact) mass is 331 g/mol. The lowest BCUT2D eigenvalue weighted by atomic mass is 9.95. The number of halogens is 1. The molecule has 0 unspecified atom stereocenters. The van der Waals surface area contributed by atoms with Gasteiger partial charge >= 0.3 is 0 Å². The van der Waals surface area contributed by atoms with E-state index in [0.717, 1.165) is 18.4 Å². The van der Waals surface area contributed by atoms with E-state index >= 15 is 0 Å². The molecule has 0 spiro atoms. The van der Waals surface area contributed by atoms with Crippen LogP contribution in [0.2, 0.25) is 0 Å². The average Bonchev–Trinajstić information content (AvgIpc) is 3.00. The molecule has 0 N–H and O–H groups in total. The highest BCUT2D eigenvalue weighted by Crippen LogP contribution is 2.30. The van der Waals surface area contributed by atoms with Crippen LogP contribution in [-0.4, -0.2) is 52.8 Å². The number of hydrogen-bond donors (Lipinski definition) is 0. The average molecular weight is 331 g/mol. The quantitative estimate of drug-likeness (QED) is 0.863. The Morgan fingerprint density at radius 2 is 1.96 bits per heavy atom. The second-order valence-electron chi connectivity index (χ2n) is 6.45. The molecular formula is C17H22FN5O. The summed E-state index contributed by atoms with van der Waals surface area (Å²) in [4.78, 5) is 19.8. The zero-order chi connectivity index (χ0) is 17.3. The fourth-order valence-electron chi connectivity index (χ4n) is 3.14. The molecule has 7 heteroatoms. The molecule has 128 valence electrons. The van der Waals surface area contributed by atoms with Gasteiger partial charge < -0.3 is 9.80 Å². The Kier molecular flexibility index (Phi) is 4.51. The van der Waals surface area contributed by atoms with Gasteiger partial charge in [0.05, 0.1) is 24.3 Å². The SMILES string of the molecule is Cc1cnn(-c2c(F)cncc2N2CCC(C(=O)N(C)C)CC2)c1. The molecule has 0 atom stereocenters. The topological polar surface area (TPSA) is 54.3 Å². The molecule has 1 fully saturated rings. The Morgan fingerprint density at radius 3 is 2.54 bits per heavy atom. The third kappa shape index (κ3) is 3.11. The minimum absolute atomic E-state index is 0.0353. The van der Waals surface area contributed by atoms with Crippen molar-refractivity contribution in [3.63, 3.8) is 0 Å². The van der Waals surface area contributed by atoms with Crippen LogP contribution in [0.4, 0.5) is 10.1 Å². The number of anilines is 1. The predicted octanol–water partition coefficient (Wildman–Crippen LogP) is 2.02. The number of carbonyl (C=O) groups is 1. The summed E-state index contributed by atoms with van der Waals surface area (Å²) in [5.74, 6) is -0.204. The molecule has 2 aromatic rings. The van der Waals surface area contributed by atoms with E-state index in [-0.39, 0.29) is 11.8 Å². The summed E-state index contributed by atoms with van der Waals surface area (Å²) in [5.41, 5.74) is 2.09. The first kappa shape index (κ1) is 16.4. The van der Waals surface area contributed by atoms with Crippen LogP contribution < -0.4 is 4.90 Å². The smallest absolute Gasteiger partial charge is 0.225 e. The second-order valence-corrected chi connectivity index (χ2v) is 6.45. The number of amides is 1. The third-order valence-corrected chi connectivity index (χ3v) is 4.42. The number of hydrogen-bond acceptors (Lipinski definition) is 4. The highest BCUT2D eigenvalue weighted by Gasteiger charge is 2.28. The Balaban J connectivity index is 1.84. The Hall–Kier alpha value is -2.44. The molecule has 1 aliphatic rings. The minimum Gasteiger partial charge on any atom is -0.368 e. The standard InChI is InChI=1S/C17H22FN5O/c1-12-8-20-23(11-12)16-14(18)9-19-10-15(16)22-6-4-13(5-7-22)17(24)21(2)3/h8-11,13H,4-7H2,1-3H3. The van der Waals surface area contributed by atoms with Gasteiger partial charge in [-0.2, -0.15) is 5.10 Å². The van der Waals surface area contributed by atoms with E-state index in [1.54, 1.807) is 42.3 Å². The summed E-state index contributed by atoms with van der Waals surface area (Å²) >= 11 is 0. The van der Waals surface area contributed by atoms with Crippen LogP contribution in [0.15, 0.2) is 24.8 Å². The van der Waals surface area contributed by atoms with Crippen molar-refractivity contribution in [3.8, 4) is 5.69 Å². The maximum absolute atomic E-state index is 14.4. The second kappa shape index (κ2) is 6.59. The van der Waals surface area contributed by atoms with E-state index in [1.807, 2.05) is 6.92 Å². The minimum atomic E-state index is -0.401. The number of nitrogens with zero attached hydrogens (tertiary/aromatic N) is 5. The summed E-state index contributed by atoms with van der Waals surface area (Å²) in [6.45, 7) is 3.31. The summed E-state index contributed by atoms with van der Waals surface area (Å²) in [5, 5.41) is 4.23. The Labute approximate surface area is 140 Å². The first-order chi connectivity index (χ1) is 11.5. The van der Waals surface area contributed by atoms with Crippen molar-refractivity contribution in [1.29, 1.82) is 0 Å². The molecule has 3 rings (SSSR count). The van der Waals surface area contributed by atoms with Crippen molar-refractivity contribution < 1.29 is 9.18 Å². The lowest BCUT2D eigenvalue weighted by Gasteiger charge is -2.34. The zero-order valence-corrected chi connectivity index (χ0v) is 14.2. The van der Waals surface area contributed by atoms with Gasteiger partial charge in [0, 0.05) is 39.3 Å². The number of piperidine rings is 1. The molecule has 0 aromatic carbocycles. The number of rotatable bonds is 3. The van der Waals surface area contributed by atoms with Gasteiger partial charge in [0.25, 0.3) is 0 Å². The van der Waals surface area contributed by atoms with Gasteiger partial charge in [-0.15, -0.1) is 0 Å². The van der Waals surface area contributed by atoms with Crippen molar-refractivity contribution >= 4 is 11.6 Å². The fourth-order valence-corrected chi connectivity index (χ4v) is 3.14. The zero-order valence-electron chi connectivity index (χ0n) is 14.2. The van der Waals surface area contributed by atoms with Gasteiger partial charge in [-0.3, -0.25) is 9.78 Å². The van der Waals surface area contributed by atoms with E-state index in [1.165, 1.54) is 6.20 Å². The molecule has 1 amide bonds. The molecule has 3 heterocycles. The Morgan fingerprint density at radius 1 is 1.25 bits per heavy atom. The molecule has 0 bridgehead atoms. The van der Waals surface area contributed by atoms with Crippen LogP contribution >= 0.6 is 0 Å². The number of carbonyl (C=O) groups excluding carboxylic acids is 1. The number of pyridine rings is 1. The first-order valence-corrected chi connectivity index (χ1v) is 8.08. The summed E-state index contributed by atoms with van der Waals surface area (Å²) < 4.78 is 16.0. The van der Waals surface area contributed by atoms with Crippen LogP contribution in [-0.2, 0) is 4.79 Å². The van der Waals surface area contributed by atoms with E-state index in [0.29, 0.717) is 24.5 Å². The molecule has 0 aliphatic carbocycles. The summed E-state index contributed by atoms with van der Waals surface area (Å²) in [6, 6.07) is 0. The molecule has 0 saturated carbocycles. The third-order valence-electron chi connectivity index (χ3n) is 4.42. The number of aryl methyl sites for hydroxylation is 1.